The van der Waals surface area contributed by atoms with Crippen LogP contribution in [0.2, 0.25) is 0 Å². The molecule has 28 heavy (non-hydrogen) atoms. The molecule has 3 heterocycles. The predicted molar refractivity (Wildman–Crippen MR) is 109 cm³/mol. The van der Waals surface area contributed by atoms with Crippen LogP contribution in [-0.2, 0) is 0 Å². The van der Waals surface area contributed by atoms with Crippen molar-refractivity contribution in [3.05, 3.63) is 33.9 Å². The Labute approximate surface area is 166 Å². The van der Waals surface area contributed by atoms with E-state index in [0.29, 0.717) is 29.3 Å². The molecule has 3 atom stereocenters. The lowest BCUT2D eigenvalue weighted by molar-refractivity contribution is -0.384. The number of hydrogen-bond acceptors (Lipinski definition) is 5. The van der Waals surface area contributed by atoms with E-state index in [4.69, 9.17) is 0 Å². The highest BCUT2D eigenvalue weighted by atomic mass is 16.6. The minimum absolute atomic E-state index is 0.0405. The molecule has 3 aliphatic rings. The maximum atomic E-state index is 13.1. The van der Waals surface area contributed by atoms with E-state index in [-0.39, 0.29) is 22.6 Å². The summed E-state index contributed by atoms with van der Waals surface area (Å²) in [4.78, 5) is 28.3. The van der Waals surface area contributed by atoms with E-state index in [2.05, 4.69) is 17.1 Å². The van der Waals surface area contributed by atoms with Gasteiger partial charge in [-0.15, -0.1) is 0 Å². The molecule has 0 aromatic heterocycles. The first-order valence-electron chi connectivity index (χ1n) is 10.5. The molecule has 1 aromatic carbocycles. The minimum Gasteiger partial charge on any atom is -0.366 e. The topological polar surface area (TPSA) is 78.7 Å². The Kier molecular flexibility index (Phi) is 5.27. The molecule has 1 aromatic rings. The van der Waals surface area contributed by atoms with Crippen LogP contribution in [0.4, 0.5) is 11.4 Å². The molecule has 7 nitrogen and oxygen atoms in total. The Hall–Kier alpha value is -2.15. The number of fused-ring (bicyclic) bond motifs is 2. The molecule has 0 radical (unpaired) electrons. The molecule has 0 aliphatic carbocycles. The van der Waals surface area contributed by atoms with Gasteiger partial charge in [-0.1, -0.05) is 6.92 Å². The zero-order chi connectivity index (χ0) is 19.8. The van der Waals surface area contributed by atoms with Crippen LogP contribution in [0.15, 0.2) is 18.2 Å². The molecule has 2 bridgehead atoms. The Bertz CT molecular complexity index is 756. The summed E-state index contributed by atoms with van der Waals surface area (Å²) in [7, 11) is 1.84. The number of anilines is 1. The van der Waals surface area contributed by atoms with E-state index in [9.17, 15) is 14.9 Å². The molecule has 4 rings (SSSR count). The molecular weight excluding hydrogens is 356 g/mol. The quantitative estimate of drug-likeness (QED) is 0.635. The number of rotatable bonds is 4. The second kappa shape index (κ2) is 7.70. The number of nitrogens with zero attached hydrogens (tertiary/aromatic N) is 3. The van der Waals surface area contributed by atoms with Crippen LogP contribution >= 0.6 is 0 Å². The van der Waals surface area contributed by atoms with Gasteiger partial charge in [-0.3, -0.25) is 14.9 Å². The number of nitrogens with one attached hydrogen (secondary N) is 1. The van der Waals surface area contributed by atoms with E-state index in [1.54, 1.807) is 17.0 Å². The first-order valence-corrected chi connectivity index (χ1v) is 10.5. The third-order valence-electron chi connectivity index (χ3n) is 6.73. The molecule has 3 saturated heterocycles. The second-order valence-corrected chi connectivity index (χ2v) is 8.83. The summed E-state index contributed by atoms with van der Waals surface area (Å²) in [6.45, 7) is 3.83. The lowest BCUT2D eigenvalue weighted by Gasteiger charge is -2.35. The van der Waals surface area contributed by atoms with Gasteiger partial charge >= 0.3 is 0 Å². The van der Waals surface area contributed by atoms with Gasteiger partial charge in [0.1, 0.15) is 5.69 Å². The van der Waals surface area contributed by atoms with E-state index < -0.39 is 0 Å². The van der Waals surface area contributed by atoms with Gasteiger partial charge in [-0.25, -0.2) is 0 Å². The van der Waals surface area contributed by atoms with Crippen molar-refractivity contribution in [2.45, 2.75) is 63.6 Å². The van der Waals surface area contributed by atoms with E-state index in [0.717, 1.165) is 38.8 Å². The fourth-order valence-electron chi connectivity index (χ4n) is 5.19. The summed E-state index contributed by atoms with van der Waals surface area (Å²) < 4.78 is 0. The summed E-state index contributed by atoms with van der Waals surface area (Å²) in [5.74, 6) is 0.407. The summed E-state index contributed by atoms with van der Waals surface area (Å²) in [5, 5.41) is 15.3. The highest BCUT2D eigenvalue weighted by Crippen LogP contribution is 2.34. The standard InChI is InChI=1S/C21H30N4O3/c1-14-4-3-9-24(13-14)19-8-5-15(10-20(19)25(27)28)21(26)23(2)18-11-16-6-7-17(12-18)22-16/h5,8,10,14,16-18,22H,3-4,6-7,9,11-13H2,1-2H3. The summed E-state index contributed by atoms with van der Waals surface area (Å²) in [6, 6.07) is 6.20. The average Bonchev–Trinajstić information content (AvgIpc) is 3.03. The fourth-order valence-corrected chi connectivity index (χ4v) is 5.19. The molecule has 3 aliphatic heterocycles. The van der Waals surface area contributed by atoms with Gasteiger partial charge in [-0.05, 0) is 56.6 Å². The van der Waals surface area contributed by atoms with Crippen molar-refractivity contribution in [3.8, 4) is 0 Å². The molecule has 3 fully saturated rings. The number of piperidine rings is 2. The van der Waals surface area contributed by atoms with Gasteiger partial charge in [0.25, 0.3) is 11.6 Å². The van der Waals surface area contributed by atoms with Crippen LogP contribution in [0.1, 0.15) is 55.8 Å². The number of carbonyl (C=O) groups excluding carboxylic acids is 1. The first-order chi connectivity index (χ1) is 13.4. The van der Waals surface area contributed by atoms with Gasteiger partial charge in [0.05, 0.1) is 4.92 Å². The Morgan fingerprint density at radius 1 is 1.25 bits per heavy atom. The Morgan fingerprint density at radius 3 is 2.61 bits per heavy atom. The molecule has 0 spiro atoms. The average molecular weight is 386 g/mol. The van der Waals surface area contributed by atoms with Gasteiger partial charge < -0.3 is 15.1 Å². The largest absolute Gasteiger partial charge is 0.366 e. The zero-order valence-corrected chi connectivity index (χ0v) is 16.8. The van der Waals surface area contributed by atoms with Crippen molar-refractivity contribution in [1.82, 2.24) is 10.2 Å². The summed E-state index contributed by atoms with van der Waals surface area (Å²) >= 11 is 0. The summed E-state index contributed by atoms with van der Waals surface area (Å²) in [5.41, 5.74) is 1.09. The number of nitro groups is 1. The van der Waals surface area contributed by atoms with Gasteiger partial charge in [-0.2, -0.15) is 0 Å². The van der Waals surface area contributed by atoms with Gasteiger partial charge in [0.15, 0.2) is 0 Å². The molecule has 1 N–H and O–H groups in total. The number of hydrogen-bond donors (Lipinski definition) is 1. The SMILES string of the molecule is CC1CCCN(c2ccc(C(=O)N(C)C3CC4CCC(C3)N4)cc2[N+](=O)[O-])C1. The number of amides is 1. The second-order valence-electron chi connectivity index (χ2n) is 8.83. The van der Waals surface area contributed by atoms with Crippen molar-refractivity contribution in [2.75, 3.05) is 25.0 Å². The normalized spacial score (nSPS) is 29.6. The Balaban J connectivity index is 1.55. The summed E-state index contributed by atoms with van der Waals surface area (Å²) in [6.07, 6.45) is 6.48. The van der Waals surface area contributed by atoms with Crippen molar-refractivity contribution in [3.63, 3.8) is 0 Å². The minimum atomic E-state index is -0.351. The maximum absolute atomic E-state index is 13.1. The number of benzene rings is 1. The van der Waals surface area contributed by atoms with Crippen molar-refractivity contribution >= 4 is 17.3 Å². The van der Waals surface area contributed by atoms with Gasteiger partial charge in [0.2, 0.25) is 0 Å². The third-order valence-corrected chi connectivity index (χ3v) is 6.73. The lowest BCUT2D eigenvalue weighted by atomic mass is 9.97. The molecule has 0 saturated carbocycles. The van der Waals surface area contributed by atoms with Crippen LogP contribution in [-0.4, -0.2) is 54.0 Å². The lowest BCUT2D eigenvalue weighted by Crippen LogP contribution is -2.48. The van der Waals surface area contributed by atoms with E-state index in [1.807, 2.05) is 7.05 Å². The van der Waals surface area contributed by atoms with Gasteiger partial charge in [0, 0.05) is 49.9 Å². The fraction of sp³-hybridized carbons (Fsp3) is 0.667. The molecule has 152 valence electrons. The van der Waals surface area contributed by atoms with Crippen molar-refractivity contribution in [2.24, 2.45) is 5.92 Å². The molecule has 3 unspecified atom stereocenters. The number of carbonyl (C=O) groups is 1. The van der Waals surface area contributed by atoms with Crippen LogP contribution in [0.5, 0.6) is 0 Å². The molecule has 1 amide bonds. The first kappa shape index (κ1) is 19.2. The highest BCUT2D eigenvalue weighted by molar-refractivity contribution is 5.96. The highest BCUT2D eigenvalue weighted by Gasteiger charge is 2.37. The monoisotopic (exact) mass is 386 g/mol. The van der Waals surface area contributed by atoms with Crippen molar-refractivity contribution in [1.29, 1.82) is 0 Å². The predicted octanol–water partition coefficient (Wildman–Crippen LogP) is 3.19. The van der Waals surface area contributed by atoms with Crippen LogP contribution in [0.3, 0.4) is 0 Å². The smallest absolute Gasteiger partial charge is 0.293 e. The van der Waals surface area contributed by atoms with Crippen LogP contribution < -0.4 is 10.2 Å². The van der Waals surface area contributed by atoms with E-state index in [1.165, 1.54) is 18.9 Å². The molecule has 7 heteroatoms. The third kappa shape index (κ3) is 3.72. The maximum Gasteiger partial charge on any atom is 0.293 e. The van der Waals surface area contributed by atoms with Crippen molar-refractivity contribution < 1.29 is 9.72 Å². The Morgan fingerprint density at radius 2 is 1.96 bits per heavy atom. The van der Waals surface area contributed by atoms with E-state index >= 15 is 0 Å². The van der Waals surface area contributed by atoms with Crippen LogP contribution in [0, 0.1) is 16.0 Å². The molecular formula is C21H30N4O3. The number of nitro benzene ring substituents is 1. The van der Waals surface area contributed by atoms with Crippen LogP contribution in [0.25, 0.3) is 0 Å². The zero-order valence-electron chi connectivity index (χ0n) is 16.8.